The maximum atomic E-state index is 4.96. The standard InChI is InChI=1S/C11H16INO/c1-9-7-10(3-4-11(9)12)8-13-5-6-14-2/h3-4,7,13H,5-6,8H2,1-2H3. The SMILES string of the molecule is COCCNCc1ccc(I)c(C)c1. The molecule has 0 bridgehead atoms. The third-order valence-corrected chi connectivity index (χ3v) is 3.24. The van der Waals surface area contributed by atoms with Crippen LogP contribution in [0.4, 0.5) is 0 Å². The van der Waals surface area contributed by atoms with Crippen LogP contribution < -0.4 is 5.32 Å². The minimum Gasteiger partial charge on any atom is -0.383 e. The molecule has 3 heteroatoms. The van der Waals surface area contributed by atoms with Gasteiger partial charge in [-0.05, 0) is 46.7 Å². The van der Waals surface area contributed by atoms with E-state index in [-0.39, 0.29) is 0 Å². The van der Waals surface area contributed by atoms with Crippen molar-refractivity contribution in [2.45, 2.75) is 13.5 Å². The van der Waals surface area contributed by atoms with Gasteiger partial charge in [-0.15, -0.1) is 0 Å². The number of nitrogens with one attached hydrogen (secondary N) is 1. The first kappa shape index (κ1) is 11.9. The molecule has 0 amide bonds. The first-order valence-corrected chi connectivity index (χ1v) is 5.76. The molecular weight excluding hydrogens is 289 g/mol. The molecule has 1 aromatic rings. The molecule has 0 atom stereocenters. The van der Waals surface area contributed by atoms with Crippen molar-refractivity contribution < 1.29 is 4.74 Å². The number of rotatable bonds is 5. The number of halogens is 1. The third kappa shape index (κ3) is 3.94. The molecule has 0 heterocycles. The predicted octanol–water partition coefficient (Wildman–Crippen LogP) is 2.34. The van der Waals surface area contributed by atoms with Gasteiger partial charge < -0.3 is 10.1 Å². The van der Waals surface area contributed by atoms with Crippen LogP contribution in [0, 0.1) is 10.5 Å². The maximum Gasteiger partial charge on any atom is 0.0587 e. The first-order valence-electron chi connectivity index (χ1n) is 4.68. The molecule has 78 valence electrons. The molecule has 0 spiro atoms. The lowest BCUT2D eigenvalue weighted by molar-refractivity contribution is 0.199. The fraction of sp³-hybridized carbons (Fsp3) is 0.455. The molecule has 0 radical (unpaired) electrons. The average Bonchev–Trinajstić information content (AvgIpc) is 2.18. The Morgan fingerprint density at radius 3 is 2.86 bits per heavy atom. The molecule has 0 aliphatic carbocycles. The molecule has 0 aliphatic heterocycles. The molecular formula is C11H16INO. The highest BCUT2D eigenvalue weighted by molar-refractivity contribution is 14.1. The Labute approximate surface area is 99.2 Å². The Hall–Kier alpha value is -0.130. The van der Waals surface area contributed by atoms with Crippen LogP contribution in [0.3, 0.4) is 0 Å². The molecule has 0 aromatic heterocycles. The summed E-state index contributed by atoms with van der Waals surface area (Å²) >= 11 is 2.35. The van der Waals surface area contributed by atoms with Crippen molar-refractivity contribution in [3.63, 3.8) is 0 Å². The highest BCUT2D eigenvalue weighted by atomic mass is 127. The molecule has 0 unspecified atom stereocenters. The van der Waals surface area contributed by atoms with Gasteiger partial charge in [-0.3, -0.25) is 0 Å². The average molecular weight is 305 g/mol. The Morgan fingerprint density at radius 2 is 2.21 bits per heavy atom. The monoisotopic (exact) mass is 305 g/mol. The molecule has 0 saturated carbocycles. The number of hydrogen-bond donors (Lipinski definition) is 1. The summed E-state index contributed by atoms with van der Waals surface area (Å²) in [5, 5.41) is 3.32. The summed E-state index contributed by atoms with van der Waals surface area (Å²) in [5.74, 6) is 0. The summed E-state index contributed by atoms with van der Waals surface area (Å²) in [5.41, 5.74) is 2.68. The fourth-order valence-corrected chi connectivity index (χ4v) is 1.56. The number of methoxy groups -OCH3 is 1. The lowest BCUT2D eigenvalue weighted by atomic mass is 10.1. The van der Waals surface area contributed by atoms with Gasteiger partial charge in [-0.2, -0.15) is 0 Å². The Balaban J connectivity index is 2.39. The Morgan fingerprint density at radius 1 is 1.43 bits per heavy atom. The molecule has 0 fully saturated rings. The smallest absolute Gasteiger partial charge is 0.0587 e. The van der Waals surface area contributed by atoms with E-state index >= 15 is 0 Å². The van der Waals surface area contributed by atoms with E-state index in [0.29, 0.717) is 0 Å². The van der Waals surface area contributed by atoms with E-state index in [1.807, 2.05) is 0 Å². The van der Waals surface area contributed by atoms with Crippen LogP contribution in [0.25, 0.3) is 0 Å². The van der Waals surface area contributed by atoms with E-state index in [1.165, 1.54) is 14.7 Å². The zero-order chi connectivity index (χ0) is 10.4. The fourth-order valence-electron chi connectivity index (χ4n) is 1.22. The molecule has 2 nitrogen and oxygen atoms in total. The van der Waals surface area contributed by atoms with Crippen LogP contribution in [-0.2, 0) is 11.3 Å². The number of hydrogen-bond acceptors (Lipinski definition) is 2. The van der Waals surface area contributed by atoms with Crippen molar-refractivity contribution >= 4 is 22.6 Å². The van der Waals surface area contributed by atoms with Gasteiger partial charge in [0.15, 0.2) is 0 Å². The Kier molecular flexibility index (Phi) is 5.44. The second-order valence-electron chi connectivity index (χ2n) is 3.25. The highest BCUT2D eigenvalue weighted by Gasteiger charge is 1.96. The highest BCUT2D eigenvalue weighted by Crippen LogP contribution is 2.12. The van der Waals surface area contributed by atoms with Gasteiger partial charge in [-0.25, -0.2) is 0 Å². The summed E-state index contributed by atoms with van der Waals surface area (Å²) in [4.78, 5) is 0. The van der Waals surface area contributed by atoms with Gasteiger partial charge in [0.2, 0.25) is 0 Å². The van der Waals surface area contributed by atoms with Crippen molar-refractivity contribution in [3.8, 4) is 0 Å². The number of ether oxygens (including phenoxy) is 1. The summed E-state index contributed by atoms with van der Waals surface area (Å²) in [6.45, 7) is 4.73. The van der Waals surface area contributed by atoms with Crippen molar-refractivity contribution in [2.75, 3.05) is 20.3 Å². The quantitative estimate of drug-likeness (QED) is 0.666. The molecule has 14 heavy (non-hydrogen) atoms. The number of benzene rings is 1. The maximum absolute atomic E-state index is 4.96. The van der Waals surface area contributed by atoms with E-state index in [4.69, 9.17) is 4.74 Å². The van der Waals surface area contributed by atoms with Crippen molar-refractivity contribution in [1.82, 2.24) is 5.32 Å². The van der Waals surface area contributed by atoms with E-state index in [9.17, 15) is 0 Å². The molecule has 1 aromatic carbocycles. The van der Waals surface area contributed by atoms with Gasteiger partial charge in [0, 0.05) is 23.8 Å². The van der Waals surface area contributed by atoms with Crippen LogP contribution >= 0.6 is 22.6 Å². The van der Waals surface area contributed by atoms with Gasteiger partial charge in [0.05, 0.1) is 6.61 Å². The molecule has 1 N–H and O–H groups in total. The van der Waals surface area contributed by atoms with E-state index in [2.05, 4.69) is 53.0 Å². The van der Waals surface area contributed by atoms with Gasteiger partial charge >= 0.3 is 0 Å². The molecule has 0 aliphatic rings. The van der Waals surface area contributed by atoms with Crippen LogP contribution in [0.2, 0.25) is 0 Å². The Bertz CT molecular complexity index is 289. The van der Waals surface area contributed by atoms with Crippen LogP contribution in [0.5, 0.6) is 0 Å². The predicted molar refractivity (Wildman–Crippen MR) is 67.5 cm³/mol. The molecule has 0 saturated heterocycles. The van der Waals surface area contributed by atoms with Gasteiger partial charge in [-0.1, -0.05) is 12.1 Å². The van der Waals surface area contributed by atoms with Crippen LogP contribution in [0.15, 0.2) is 18.2 Å². The minimum absolute atomic E-state index is 0.767. The summed E-state index contributed by atoms with van der Waals surface area (Å²) in [6.07, 6.45) is 0. The van der Waals surface area contributed by atoms with Gasteiger partial charge in [0.25, 0.3) is 0 Å². The van der Waals surface area contributed by atoms with Crippen molar-refractivity contribution in [3.05, 3.63) is 32.9 Å². The zero-order valence-electron chi connectivity index (χ0n) is 8.64. The summed E-state index contributed by atoms with van der Waals surface area (Å²) in [6, 6.07) is 6.54. The van der Waals surface area contributed by atoms with Gasteiger partial charge in [0.1, 0.15) is 0 Å². The largest absolute Gasteiger partial charge is 0.383 e. The van der Waals surface area contributed by atoms with Crippen molar-refractivity contribution in [1.29, 1.82) is 0 Å². The number of aryl methyl sites for hydroxylation is 1. The minimum atomic E-state index is 0.767. The van der Waals surface area contributed by atoms with E-state index in [1.54, 1.807) is 7.11 Å². The van der Waals surface area contributed by atoms with Crippen molar-refractivity contribution in [2.24, 2.45) is 0 Å². The molecule has 1 rings (SSSR count). The second kappa shape index (κ2) is 6.37. The first-order chi connectivity index (χ1) is 6.74. The zero-order valence-corrected chi connectivity index (χ0v) is 10.8. The third-order valence-electron chi connectivity index (χ3n) is 2.03. The van der Waals surface area contributed by atoms with Crippen LogP contribution in [-0.4, -0.2) is 20.3 Å². The normalized spacial score (nSPS) is 10.5. The van der Waals surface area contributed by atoms with Crippen LogP contribution in [0.1, 0.15) is 11.1 Å². The summed E-state index contributed by atoms with van der Waals surface area (Å²) in [7, 11) is 1.72. The second-order valence-corrected chi connectivity index (χ2v) is 4.42. The van der Waals surface area contributed by atoms with E-state index in [0.717, 1.165) is 19.7 Å². The lowest BCUT2D eigenvalue weighted by Crippen LogP contribution is -2.18. The van der Waals surface area contributed by atoms with E-state index < -0.39 is 0 Å². The summed E-state index contributed by atoms with van der Waals surface area (Å²) < 4.78 is 6.28. The lowest BCUT2D eigenvalue weighted by Gasteiger charge is -2.06. The topological polar surface area (TPSA) is 21.3 Å².